The Morgan fingerprint density at radius 2 is 1.79 bits per heavy atom. The average Bonchev–Trinajstić information content (AvgIpc) is 2.33. The molecule has 0 aromatic heterocycles. The van der Waals surface area contributed by atoms with Crippen molar-refractivity contribution in [2.24, 2.45) is 0 Å². The molecule has 6 nitrogen and oxygen atoms in total. The number of aliphatic hydroxyl groups is 1. The van der Waals surface area contributed by atoms with Gasteiger partial charge in [0.15, 0.2) is 0 Å². The lowest BCUT2D eigenvalue weighted by molar-refractivity contribution is -0.163. The first kappa shape index (κ1) is 17.6. The molecule has 6 heteroatoms. The second-order valence-electron chi connectivity index (χ2n) is 4.20. The topological polar surface area (TPSA) is 82.1 Å². The molecule has 0 aliphatic heterocycles. The minimum atomic E-state index is -1.59. The Bertz CT molecular complexity index is 325. The van der Waals surface area contributed by atoms with E-state index in [9.17, 15) is 14.7 Å². The average molecular weight is 274 g/mol. The summed E-state index contributed by atoms with van der Waals surface area (Å²) >= 11 is 0. The maximum Gasteiger partial charge on any atom is 0.333 e. The highest BCUT2D eigenvalue weighted by atomic mass is 16.6. The van der Waals surface area contributed by atoms with Crippen LogP contribution >= 0.6 is 0 Å². The second-order valence-corrected chi connectivity index (χ2v) is 4.20. The van der Waals surface area contributed by atoms with Gasteiger partial charge in [-0.2, -0.15) is 0 Å². The number of carbonyl (C=O) groups is 2. The Kier molecular flexibility index (Phi) is 8.02. The zero-order valence-corrected chi connectivity index (χ0v) is 11.7. The zero-order chi connectivity index (χ0) is 14.9. The molecule has 110 valence electrons. The Morgan fingerprint density at radius 1 is 1.16 bits per heavy atom. The van der Waals surface area contributed by atoms with Crippen LogP contribution < -0.4 is 0 Å². The van der Waals surface area contributed by atoms with Gasteiger partial charge in [-0.25, -0.2) is 4.79 Å². The van der Waals surface area contributed by atoms with E-state index >= 15 is 0 Å². The Morgan fingerprint density at radius 3 is 2.26 bits per heavy atom. The van der Waals surface area contributed by atoms with Crippen molar-refractivity contribution < 1.29 is 28.9 Å². The van der Waals surface area contributed by atoms with E-state index in [4.69, 9.17) is 14.2 Å². The van der Waals surface area contributed by atoms with Gasteiger partial charge in [-0.3, -0.25) is 4.79 Å². The summed E-state index contributed by atoms with van der Waals surface area (Å²) in [6.07, 6.45) is -0.301. The number of hydrogen-bond acceptors (Lipinski definition) is 6. The molecule has 1 unspecified atom stereocenters. The van der Waals surface area contributed by atoms with Crippen LogP contribution in [0.1, 0.15) is 27.2 Å². The van der Waals surface area contributed by atoms with Gasteiger partial charge in [-0.1, -0.05) is 6.58 Å². The quantitative estimate of drug-likeness (QED) is 0.495. The first-order chi connectivity index (χ1) is 8.84. The Labute approximate surface area is 113 Å². The summed E-state index contributed by atoms with van der Waals surface area (Å²) in [7, 11) is 0. The van der Waals surface area contributed by atoms with Crippen LogP contribution in [0, 0.1) is 0 Å². The van der Waals surface area contributed by atoms with Gasteiger partial charge >= 0.3 is 11.9 Å². The third-order valence-electron chi connectivity index (χ3n) is 2.17. The fourth-order valence-corrected chi connectivity index (χ4v) is 1.24. The smallest absolute Gasteiger partial charge is 0.333 e. The molecule has 19 heavy (non-hydrogen) atoms. The van der Waals surface area contributed by atoms with E-state index in [2.05, 4.69) is 6.58 Å². The summed E-state index contributed by atoms with van der Waals surface area (Å²) in [6, 6.07) is 0. The maximum atomic E-state index is 11.4. The van der Waals surface area contributed by atoms with Crippen molar-refractivity contribution in [2.75, 3.05) is 26.4 Å². The Balaban J connectivity index is 4.53. The summed E-state index contributed by atoms with van der Waals surface area (Å²) in [5.74, 6) is -1.20. The molecule has 0 aromatic rings. The molecule has 0 spiro atoms. The van der Waals surface area contributed by atoms with Gasteiger partial charge in [-0.15, -0.1) is 0 Å². The molecule has 0 bridgehead atoms. The lowest BCUT2D eigenvalue weighted by Crippen LogP contribution is -2.43. The number of rotatable bonds is 9. The van der Waals surface area contributed by atoms with Crippen LogP contribution in [0.4, 0.5) is 0 Å². The van der Waals surface area contributed by atoms with Crippen LogP contribution in [-0.2, 0) is 23.8 Å². The molecule has 0 radical (unpaired) electrons. The first-order valence-corrected chi connectivity index (χ1v) is 6.13. The van der Waals surface area contributed by atoms with Gasteiger partial charge in [0.25, 0.3) is 0 Å². The normalized spacial score (nSPS) is 13.5. The molecule has 1 atom stereocenters. The minimum absolute atomic E-state index is 0.119. The van der Waals surface area contributed by atoms with Crippen molar-refractivity contribution in [1.29, 1.82) is 0 Å². The summed E-state index contributed by atoms with van der Waals surface area (Å²) in [5, 5.41) is 10.2. The van der Waals surface area contributed by atoms with Crippen molar-refractivity contribution >= 4 is 11.9 Å². The van der Waals surface area contributed by atoms with Gasteiger partial charge in [-0.05, 0) is 20.8 Å². The van der Waals surface area contributed by atoms with E-state index in [1.54, 1.807) is 13.8 Å². The molecule has 0 aliphatic carbocycles. The van der Waals surface area contributed by atoms with Crippen LogP contribution in [-0.4, -0.2) is 49.1 Å². The van der Waals surface area contributed by atoms with Crippen molar-refractivity contribution in [3.8, 4) is 0 Å². The maximum absolute atomic E-state index is 11.4. The van der Waals surface area contributed by atoms with Gasteiger partial charge in [0.05, 0.1) is 19.6 Å². The number of hydrogen-bond donors (Lipinski definition) is 1. The summed E-state index contributed by atoms with van der Waals surface area (Å²) in [5.41, 5.74) is -1.37. The minimum Gasteiger partial charge on any atom is -0.466 e. The molecule has 0 rings (SSSR count). The third kappa shape index (κ3) is 7.58. The first-order valence-electron chi connectivity index (χ1n) is 6.13. The van der Waals surface area contributed by atoms with Gasteiger partial charge in [0, 0.05) is 12.2 Å². The van der Waals surface area contributed by atoms with E-state index in [1.807, 2.05) is 0 Å². The molecule has 0 aliphatic rings. The molecule has 0 saturated heterocycles. The fourth-order valence-electron chi connectivity index (χ4n) is 1.24. The summed E-state index contributed by atoms with van der Waals surface area (Å²) in [4.78, 5) is 22.7. The number of ether oxygens (including phenoxy) is 3. The van der Waals surface area contributed by atoms with Gasteiger partial charge in [0.2, 0.25) is 0 Å². The predicted molar refractivity (Wildman–Crippen MR) is 68.5 cm³/mol. The number of carbonyl (C=O) groups excluding carboxylic acids is 2. The van der Waals surface area contributed by atoms with E-state index in [0.717, 1.165) is 0 Å². The van der Waals surface area contributed by atoms with E-state index in [-0.39, 0.29) is 31.8 Å². The van der Waals surface area contributed by atoms with Gasteiger partial charge < -0.3 is 19.3 Å². The van der Waals surface area contributed by atoms with Gasteiger partial charge in [0.1, 0.15) is 12.2 Å². The lowest BCUT2D eigenvalue weighted by Gasteiger charge is -2.26. The third-order valence-corrected chi connectivity index (χ3v) is 2.17. The predicted octanol–water partition coefficient (Wildman–Crippen LogP) is 0.827. The van der Waals surface area contributed by atoms with Crippen LogP contribution in [0.25, 0.3) is 0 Å². The van der Waals surface area contributed by atoms with E-state index < -0.39 is 17.5 Å². The van der Waals surface area contributed by atoms with Crippen LogP contribution in [0.3, 0.4) is 0 Å². The molecule has 1 N–H and O–H groups in total. The molecule has 0 heterocycles. The van der Waals surface area contributed by atoms with Crippen molar-refractivity contribution in [3.63, 3.8) is 0 Å². The summed E-state index contributed by atoms with van der Waals surface area (Å²) < 4.78 is 14.7. The van der Waals surface area contributed by atoms with Crippen molar-refractivity contribution in [3.05, 3.63) is 12.2 Å². The SMILES string of the molecule is C=C(C)C(=O)OCC(O)(COCC)CC(=O)OCC. The highest BCUT2D eigenvalue weighted by Gasteiger charge is 2.33. The molecule has 0 saturated carbocycles. The van der Waals surface area contributed by atoms with Crippen molar-refractivity contribution in [1.82, 2.24) is 0 Å². The van der Waals surface area contributed by atoms with Crippen LogP contribution in [0.5, 0.6) is 0 Å². The largest absolute Gasteiger partial charge is 0.466 e. The van der Waals surface area contributed by atoms with Crippen molar-refractivity contribution in [2.45, 2.75) is 32.8 Å². The highest BCUT2D eigenvalue weighted by Crippen LogP contribution is 2.14. The highest BCUT2D eigenvalue weighted by molar-refractivity contribution is 5.87. The monoisotopic (exact) mass is 274 g/mol. The molecule has 0 aromatic carbocycles. The lowest BCUT2D eigenvalue weighted by atomic mass is 10.0. The van der Waals surface area contributed by atoms with Crippen LogP contribution in [0.15, 0.2) is 12.2 Å². The van der Waals surface area contributed by atoms with Crippen LogP contribution in [0.2, 0.25) is 0 Å². The fraction of sp³-hybridized carbons (Fsp3) is 0.692. The zero-order valence-electron chi connectivity index (χ0n) is 11.7. The Hall–Kier alpha value is -1.40. The number of esters is 2. The molecular weight excluding hydrogens is 252 g/mol. The molecule has 0 amide bonds. The molecule has 0 fully saturated rings. The standard InChI is InChI=1S/C13H22O6/c1-5-17-8-13(16,7-11(14)18-6-2)9-19-12(15)10(3)4/h16H,3,5-9H2,1-2,4H3. The second kappa shape index (κ2) is 8.66. The molecular formula is C13H22O6. The summed E-state index contributed by atoms with van der Waals surface area (Å²) in [6.45, 7) is 8.47. The van der Waals surface area contributed by atoms with E-state index in [1.165, 1.54) is 6.92 Å². The van der Waals surface area contributed by atoms with E-state index in [0.29, 0.717) is 6.61 Å².